The number of carbonyl (C=O) groups excluding carboxylic acids is 1. The fraction of sp³-hybridized carbons (Fsp3) is 0.286. The van der Waals surface area contributed by atoms with Crippen molar-refractivity contribution >= 4 is 11.7 Å². The normalized spacial score (nSPS) is 13.8. The summed E-state index contributed by atoms with van der Waals surface area (Å²) in [4.78, 5) is 19.1. The third-order valence-corrected chi connectivity index (χ3v) is 4.80. The van der Waals surface area contributed by atoms with Crippen molar-refractivity contribution in [3.63, 3.8) is 0 Å². The predicted molar refractivity (Wildman–Crippen MR) is 106 cm³/mol. The molecule has 144 valence electrons. The second-order valence-electron chi connectivity index (χ2n) is 6.77. The SMILES string of the molecule is CCOc1cccnc1NC(=O)c1ccc(CN2CCc3[nH]ncc3C2)cc1. The highest BCUT2D eigenvalue weighted by Gasteiger charge is 2.18. The van der Waals surface area contributed by atoms with Crippen LogP contribution in [0.15, 0.2) is 48.8 Å². The Morgan fingerprint density at radius 1 is 1.29 bits per heavy atom. The molecule has 1 aliphatic heterocycles. The van der Waals surface area contributed by atoms with Crippen LogP contribution in [0.5, 0.6) is 5.75 Å². The molecule has 0 fully saturated rings. The van der Waals surface area contributed by atoms with Crippen LogP contribution in [0.3, 0.4) is 0 Å². The summed E-state index contributed by atoms with van der Waals surface area (Å²) >= 11 is 0. The lowest BCUT2D eigenvalue weighted by Crippen LogP contribution is -2.29. The minimum atomic E-state index is -0.202. The second-order valence-corrected chi connectivity index (χ2v) is 6.77. The molecule has 0 atom stereocenters. The highest BCUT2D eigenvalue weighted by Crippen LogP contribution is 2.22. The molecule has 2 N–H and O–H groups in total. The van der Waals surface area contributed by atoms with Crippen LogP contribution in [0.2, 0.25) is 0 Å². The first-order chi connectivity index (χ1) is 13.7. The lowest BCUT2D eigenvalue weighted by atomic mass is 10.1. The van der Waals surface area contributed by atoms with E-state index in [1.54, 1.807) is 18.3 Å². The summed E-state index contributed by atoms with van der Waals surface area (Å²) in [5.74, 6) is 0.800. The van der Waals surface area contributed by atoms with Crippen molar-refractivity contribution in [2.75, 3.05) is 18.5 Å². The number of aromatic nitrogens is 3. The number of anilines is 1. The number of H-pyrrole nitrogens is 1. The van der Waals surface area contributed by atoms with E-state index in [0.29, 0.717) is 23.7 Å². The van der Waals surface area contributed by atoms with Gasteiger partial charge in [0.05, 0.1) is 12.8 Å². The first kappa shape index (κ1) is 18.2. The minimum absolute atomic E-state index is 0.202. The van der Waals surface area contributed by atoms with Gasteiger partial charge in [0.15, 0.2) is 11.6 Å². The zero-order valence-corrected chi connectivity index (χ0v) is 15.8. The van der Waals surface area contributed by atoms with E-state index in [0.717, 1.165) is 26.1 Å². The Labute approximate surface area is 163 Å². The van der Waals surface area contributed by atoms with Gasteiger partial charge in [-0.3, -0.25) is 14.8 Å². The Morgan fingerprint density at radius 3 is 2.96 bits per heavy atom. The molecule has 1 aromatic carbocycles. The number of benzene rings is 1. The number of fused-ring (bicyclic) bond motifs is 1. The molecule has 3 heterocycles. The lowest BCUT2D eigenvalue weighted by Gasteiger charge is -2.26. The van der Waals surface area contributed by atoms with Gasteiger partial charge in [0.2, 0.25) is 0 Å². The number of hydrogen-bond acceptors (Lipinski definition) is 5. The molecule has 1 amide bonds. The number of ether oxygens (including phenoxy) is 1. The molecule has 2 aromatic heterocycles. The molecule has 4 rings (SSSR count). The summed E-state index contributed by atoms with van der Waals surface area (Å²) in [5, 5.41) is 10.0. The van der Waals surface area contributed by atoms with Gasteiger partial charge in [0.1, 0.15) is 0 Å². The number of carbonyl (C=O) groups is 1. The molecular weight excluding hydrogens is 354 g/mol. The van der Waals surface area contributed by atoms with Crippen LogP contribution in [-0.2, 0) is 19.5 Å². The third-order valence-electron chi connectivity index (χ3n) is 4.80. The summed E-state index contributed by atoms with van der Waals surface area (Å²) in [6, 6.07) is 11.3. The number of nitrogens with one attached hydrogen (secondary N) is 2. The zero-order valence-electron chi connectivity index (χ0n) is 15.8. The van der Waals surface area contributed by atoms with Gasteiger partial charge in [-0.25, -0.2) is 4.98 Å². The molecule has 7 heteroatoms. The van der Waals surface area contributed by atoms with Crippen LogP contribution < -0.4 is 10.1 Å². The monoisotopic (exact) mass is 377 g/mol. The Hall–Kier alpha value is -3.19. The Balaban J connectivity index is 1.39. The van der Waals surface area contributed by atoms with E-state index >= 15 is 0 Å². The number of nitrogens with zero attached hydrogens (tertiary/aromatic N) is 3. The average molecular weight is 377 g/mol. The van der Waals surface area contributed by atoms with Crippen molar-refractivity contribution in [2.24, 2.45) is 0 Å². The van der Waals surface area contributed by atoms with Crippen LogP contribution >= 0.6 is 0 Å². The van der Waals surface area contributed by atoms with Gasteiger partial charge in [0.25, 0.3) is 5.91 Å². The van der Waals surface area contributed by atoms with Crippen molar-refractivity contribution < 1.29 is 9.53 Å². The Bertz CT molecular complexity index is 951. The fourth-order valence-corrected chi connectivity index (χ4v) is 3.37. The molecule has 7 nitrogen and oxygen atoms in total. The largest absolute Gasteiger partial charge is 0.490 e. The van der Waals surface area contributed by atoms with E-state index in [-0.39, 0.29) is 5.91 Å². The van der Waals surface area contributed by atoms with Gasteiger partial charge < -0.3 is 10.1 Å². The summed E-state index contributed by atoms with van der Waals surface area (Å²) in [6.45, 7) is 5.15. The minimum Gasteiger partial charge on any atom is -0.490 e. The third kappa shape index (κ3) is 4.04. The molecule has 0 spiro atoms. The van der Waals surface area contributed by atoms with Crippen molar-refractivity contribution in [1.29, 1.82) is 0 Å². The second kappa shape index (κ2) is 8.22. The van der Waals surface area contributed by atoms with Crippen LogP contribution in [-0.4, -0.2) is 39.1 Å². The first-order valence-corrected chi connectivity index (χ1v) is 9.44. The van der Waals surface area contributed by atoms with Gasteiger partial charge in [-0.15, -0.1) is 0 Å². The summed E-state index contributed by atoms with van der Waals surface area (Å²) in [5.41, 5.74) is 4.27. The highest BCUT2D eigenvalue weighted by atomic mass is 16.5. The maximum Gasteiger partial charge on any atom is 0.256 e. The van der Waals surface area contributed by atoms with Gasteiger partial charge in [-0.05, 0) is 36.8 Å². The first-order valence-electron chi connectivity index (χ1n) is 9.44. The topological polar surface area (TPSA) is 83.1 Å². The van der Waals surface area contributed by atoms with E-state index in [9.17, 15) is 4.79 Å². The zero-order chi connectivity index (χ0) is 19.3. The van der Waals surface area contributed by atoms with E-state index in [2.05, 4.69) is 25.4 Å². The molecule has 28 heavy (non-hydrogen) atoms. The number of hydrogen-bond donors (Lipinski definition) is 2. The molecule has 0 saturated carbocycles. The van der Waals surface area contributed by atoms with Crippen molar-refractivity contribution in [2.45, 2.75) is 26.4 Å². The molecule has 0 saturated heterocycles. The average Bonchev–Trinajstić information content (AvgIpc) is 3.18. The molecule has 0 radical (unpaired) electrons. The van der Waals surface area contributed by atoms with E-state index in [1.165, 1.54) is 16.8 Å². The van der Waals surface area contributed by atoms with Crippen molar-refractivity contribution in [1.82, 2.24) is 20.1 Å². The smallest absolute Gasteiger partial charge is 0.256 e. The van der Waals surface area contributed by atoms with Gasteiger partial charge in [-0.2, -0.15) is 5.10 Å². The van der Waals surface area contributed by atoms with Crippen LogP contribution in [0.1, 0.15) is 34.1 Å². The van der Waals surface area contributed by atoms with E-state index in [1.807, 2.05) is 37.4 Å². The number of amides is 1. The standard InChI is InChI=1S/C21H23N5O2/c1-2-28-19-4-3-10-22-20(19)24-21(27)16-7-5-15(6-8-16)13-26-11-9-18-17(14-26)12-23-25-18/h3-8,10,12H,2,9,11,13-14H2,1H3,(H,23,25)(H,22,24,27). The van der Waals surface area contributed by atoms with Crippen LogP contribution in [0, 0.1) is 0 Å². The molecule has 3 aromatic rings. The van der Waals surface area contributed by atoms with E-state index in [4.69, 9.17) is 4.74 Å². The summed E-state index contributed by atoms with van der Waals surface area (Å²) in [6.07, 6.45) is 4.52. The summed E-state index contributed by atoms with van der Waals surface area (Å²) in [7, 11) is 0. The van der Waals surface area contributed by atoms with Crippen LogP contribution in [0.25, 0.3) is 0 Å². The van der Waals surface area contributed by atoms with Crippen molar-refractivity contribution in [3.8, 4) is 5.75 Å². The number of aromatic amines is 1. The molecule has 0 unspecified atom stereocenters. The van der Waals surface area contributed by atoms with Gasteiger partial charge >= 0.3 is 0 Å². The maximum absolute atomic E-state index is 12.6. The quantitative estimate of drug-likeness (QED) is 0.690. The Morgan fingerprint density at radius 2 is 2.14 bits per heavy atom. The fourth-order valence-electron chi connectivity index (χ4n) is 3.37. The number of pyridine rings is 1. The lowest BCUT2D eigenvalue weighted by molar-refractivity contribution is 0.102. The van der Waals surface area contributed by atoms with Gasteiger partial charge in [-0.1, -0.05) is 12.1 Å². The predicted octanol–water partition coefficient (Wildman–Crippen LogP) is 3.01. The number of rotatable bonds is 6. The van der Waals surface area contributed by atoms with Gasteiger partial charge in [0, 0.05) is 49.1 Å². The molecule has 1 aliphatic rings. The molecule has 0 aliphatic carbocycles. The maximum atomic E-state index is 12.6. The van der Waals surface area contributed by atoms with E-state index < -0.39 is 0 Å². The molecule has 0 bridgehead atoms. The molecular formula is C21H23N5O2. The van der Waals surface area contributed by atoms with Crippen LogP contribution in [0.4, 0.5) is 5.82 Å². The summed E-state index contributed by atoms with van der Waals surface area (Å²) < 4.78 is 5.51. The Kier molecular flexibility index (Phi) is 5.34. The highest BCUT2D eigenvalue weighted by molar-refractivity contribution is 6.04. The van der Waals surface area contributed by atoms with Crippen molar-refractivity contribution in [3.05, 3.63) is 71.2 Å².